The number of ether oxygens (including phenoxy) is 2. The van der Waals surface area contributed by atoms with Crippen molar-refractivity contribution in [2.45, 2.75) is 40.2 Å². The first kappa shape index (κ1) is 26.2. The molecule has 37 heavy (non-hydrogen) atoms. The number of rotatable bonds is 7. The predicted molar refractivity (Wildman–Crippen MR) is 147 cm³/mol. The van der Waals surface area contributed by atoms with Crippen molar-refractivity contribution in [3.8, 4) is 28.3 Å². The van der Waals surface area contributed by atoms with E-state index in [0.717, 1.165) is 57.1 Å². The van der Waals surface area contributed by atoms with Crippen LogP contribution in [0.15, 0.2) is 59.5 Å². The molecule has 0 radical (unpaired) electrons. The van der Waals surface area contributed by atoms with Gasteiger partial charge >= 0.3 is 5.97 Å². The summed E-state index contributed by atoms with van der Waals surface area (Å²) in [4.78, 5) is 27.3. The number of carboxylic acid groups (broad SMARTS) is 1. The Labute approximate surface area is 216 Å². The van der Waals surface area contributed by atoms with Crippen LogP contribution in [0.25, 0.3) is 33.4 Å². The van der Waals surface area contributed by atoms with E-state index < -0.39 is 11.4 Å². The van der Waals surface area contributed by atoms with Gasteiger partial charge in [-0.1, -0.05) is 39.0 Å². The van der Waals surface area contributed by atoms with E-state index in [9.17, 15) is 14.7 Å². The Balaban J connectivity index is 0.000000747. The smallest absolute Gasteiger partial charge is 0.341 e. The molecular weight excluding hydrogens is 468 g/mol. The van der Waals surface area contributed by atoms with Gasteiger partial charge < -0.3 is 24.1 Å². The monoisotopic (exact) mass is 502 g/mol. The fourth-order valence-corrected chi connectivity index (χ4v) is 4.39. The number of aryl methyl sites for hydroxylation is 2. The van der Waals surface area contributed by atoms with E-state index in [1.54, 1.807) is 7.11 Å². The highest BCUT2D eigenvalue weighted by Gasteiger charge is 2.22. The quantitative estimate of drug-likeness (QED) is 0.303. The first-order chi connectivity index (χ1) is 17.8. The van der Waals surface area contributed by atoms with E-state index in [2.05, 4.69) is 37.9 Å². The number of hydrogen-bond donors (Lipinski definition) is 2. The lowest BCUT2D eigenvalue weighted by molar-refractivity contribution is 0.0694. The summed E-state index contributed by atoms with van der Waals surface area (Å²) in [6.07, 6.45) is 2.93. The average Bonchev–Trinajstić information content (AvgIpc) is 3.29. The molecule has 2 N–H and O–H groups in total. The van der Waals surface area contributed by atoms with Gasteiger partial charge in [0.25, 0.3) is 0 Å². The summed E-state index contributed by atoms with van der Waals surface area (Å²) in [6, 6.07) is 15.7. The second-order valence-corrected chi connectivity index (χ2v) is 9.89. The molecule has 2 aromatic heterocycles. The normalized spacial score (nSPS) is 12.0. The largest absolute Gasteiger partial charge is 0.493 e. The van der Waals surface area contributed by atoms with Crippen molar-refractivity contribution in [1.29, 1.82) is 0 Å². The number of carboxylic acids is 1. The van der Waals surface area contributed by atoms with Crippen molar-refractivity contribution in [3.05, 3.63) is 76.1 Å². The van der Waals surface area contributed by atoms with Gasteiger partial charge in [-0.2, -0.15) is 0 Å². The second-order valence-electron chi connectivity index (χ2n) is 9.89. The maximum absolute atomic E-state index is 12.4. The molecule has 2 aromatic carbocycles. The van der Waals surface area contributed by atoms with E-state index in [-0.39, 0.29) is 5.56 Å². The van der Waals surface area contributed by atoms with Gasteiger partial charge in [-0.15, -0.1) is 0 Å². The number of fused-ring (bicyclic) bond motifs is 4. The van der Waals surface area contributed by atoms with Crippen LogP contribution in [0.2, 0.25) is 0 Å². The third-order valence-corrected chi connectivity index (χ3v) is 6.03. The summed E-state index contributed by atoms with van der Waals surface area (Å²) >= 11 is 0. The van der Waals surface area contributed by atoms with Gasteiger partial charge in [0.1, 0.15) is 11.3 Å². The summed E-state index contributed by atoms with van der Waals surface area (Å²) in [5.74, 6) is 0.397. The molecule has 1 aliphatic heterocycles. The Morgan fingerprint density at radius 1 is 1.08 bits per heavy atom. The van der Waals surface area contributed by atoms with Gasteiger partial charge in [0, 0.05) is 61.0 Å². The van der Waals surface area contributed by atoms with Crippen molar-refractivity contribution >= 4 is 16.9 Å². The van der Waals surface area contributed by atoms with Crippen molar-refractivity contribution in [2.24, 2.45) is 5.92 Å². The molecular formula is C30H34N2O5. The number of H-pyrrole nitrogens is 1. The minimum Gasteiger partial charge on any atom is -0.493 e. The number of pyridine rings is 1. The number of aromatic nitrogens is 2. The lowest BCUT2D eigenvalue weighted by atomic mass is 9.93. The number of para-hydroxylation sites is 1. The number of methoxy groups -OCH3 is 1. The Morgan fingerprint density at radius 3 is 2.54 bits per heavy atom. The SMILES string of the molecule is CC(C)C.COCCCOc1cc2c(cc1-c1cc3ccccc3[nH]1)-c1cc(=O)c(C(=O)O)cn1CC2. The second kappa shape index (κ2) is 11.5. The zero-order chi connectivity index (χ0) is 26.5. The molecule has 7 nitrogen and oxygen atoms in total. The van der Waals surface area contributed by atoms with Crippen LogP contribution in [0.5, 0.6) is 5.75 Å². The molecule has 0 bridgehead atoms. The van der Waals surface area contributed by atoms with Gasteiger partial charge in [-0.05, 0) is 42.2 Å². The molecule has 0 atom stereocenters. The maximum Gasteiger partial charge on any atom is 0.341 e. The van der Waals surface area contributed by atoms with Crippen LogP contribution in [-0.2, 0) is 17.7 Å². The third kappa shape index (κ3) is 5.94. The zero-order valence-electron chi connectivity index (χ0n) is 21.8. The molecule has 3 heterocycles. The van der Waals surface area contributed by atoms with Gasteiger partial charge in [0.15, 0.2) is 5.43 Å². The van der Waals surface area contributed by atoms with Crippen molar-refractivity contribution in [3.63, 3.8) is 0 Å². The van der Waals surface area contributed by atoms with Gasteiger partial charge in [-0.25, -0.2) is 4.79 Å². The van der Waals surface area contributed by atoms with E-state index in [4.69, 9.17) is 9.47 Å². The molecule has 7 heteroatoms. The van der Waals surface area contributed by atoms with E-state index >= 15 is 0 Å². The fraction of sp³-hybridized carbons (Fsp3) is 0.333. The first-order valence-corrected chi connectivity index (χ1v) is 12.6. The molecule has 0 saturated heterocycles. The molecule has 0 aliphatic carbocycles. The molecule has 4 aromatic rings. The minimum atomic E-state index is -1.21. The lowest BCUT2D eigenvalue weighted by Crippen LogP contribution is -2.22. The average molecular weight is 503 g/mol. The predicted octanol–water partition coefficient (Wildman–Crippen LogP) is 6.00. The van der Waals surface area contributed by atoms with Gasteiger partial charge in [0.2, 0.25) is 0 Å². The van der Waals surface area contributed by atoms with Crippen LogP contribution in [0.3, 0.4) is 0 Å². The van der Waals surface area contributed by atoms with Gasteiger partial charge in [-0.3, -0.25) is 4.79 Å². The van der Waals surface area contributed by atoms with Crippen LogP contribution in [0, 0.1) is 5.92 Å². The van der Waals surface area contributed by atoms with Crippen molar-refractivity contribution in [2.75, 3.05) is 20.3 Å². The van der Waals surface area contributed by atoms with Crippen LogP contribution < -0.4 is 10.2 Å². The molecule has 0 spiro atoms. The number of benzene rings is 2. The third-order valence-electron chi connectivity index (χ3n) is 6.03. The fourth-order valence-electron chi connectivity index (χ4n) is 4.39. The highest BCUT2D eigenvalue weighted by atomic mass is 16.5. The standard InChI is InChI=1S/C26H24N2O5.C4H10/c1-32-9-4-10-33-25-12-16-7-8-28-15-20(26(30)31)24(29)14-23(28)18(16)13-19(25)22-11-17-5-2-3-6-21(17)27-22;1-4(2)3/h2-3,5-6,11-15,27H,4,7-10H2,1H3,(H,30,31);4H,1-3H3. The molecule has 0 unspecified atom stereocenters. The summed E-state index contributed by atoms with van der Waals surface area (Å²) in [5.41, 5.74) is 4.83. The van der Waals surface area contributed by atoms with Crippen molar-refractivity contribution < 1.29 is 19.4 Å². The van der Waals surface area contributed by atoms with E-state index in [1.165, 1.54) is 12.3 Å². The molecule has 1 aliphatic rings. The highest BCUT2D eigenvalue weighted by Crippen LogP contribution is 2.39. The zero-order valence-corrected chi connectivity index (χ0v) is 21.8. The highest BCUT2D eigenvalue weighted by molar-refractivity contribution is 5.90. The van der Waals surface area contributed by atoms with Crippen LogP contribution in [0.1, 0.15) is 43.1 Å². The first-order valence-electron chi connectivity index (χ1n) is 12.6. The molecule has 0 amide bonds. The maximum atomic E-state index is 12.4. The summed E-state index contributed by atoms with van der Waals surface area (Å²) < 4.78 is 13.2. The Morgan fingerprint density at radius 2 is 1.84 bits per heavy atom. The number of carbonyl (C=O) groups is 1. The number of aromatic amines is 1. The number of hydrogen-bond acceptors (Lipinski definition) is 4. The van der Waals surface area contributed by atoms with Crippen LogP contribution in [0.4, 0.5) is 0 Å². The van der Waals surface area contributed by atoms with Gasteiger partial charge in [0.05, 0.1) is 18.0 Å². The van der Waals surface area contributed by atoms with E-state index in [1.807, 2.05) is 34.9 Å². The number of aromatic carboxylic acids is 1. The topological polar surface area (TPSA) is 93.6 Å². The summed E-state index contributed by atoms with van der Waals surface area (Å²) in [6.45, 7) is 8.24. The number of nitrogens with zero attached hydrogens (tertiary/aromatic N) is 1. The van der Waals surface area contributed by atoms with E-state index in [0.29, 0.717) is 26.2 Å². The minimum absolute atomic E-state index is 0.212. The Bertz CT molecular complexity index is 1430. The summed E-state index contributed by atoms with van der Waals surface area (Å²) in [5, 5.41) is 10.4. The lowest BCUT2D eigenvalue weighted by Gasteiger charge is -2.24. The van der Waals surface area contributed by atoms with Crippen molar-refractivity contribution in [1.82, 2.24) is 9.55 Å². The molecule has 194 valence electrons. The Hall–Kier alpha value is -3.84. The molecule has 0 saturated carbocycles. The van der Waals surface area contributed by atoms with Crippen LogP contribution >= 0.6 is 0 Å². The summed E-state index contributed by atoms with van der Waals surface area (Å²) in [7, 11) is 1.67. The molecule has 0 fully saturated rings. The molecule has 5 rings (SSSR count). The van der Waals surface area contributed by atoms with Crippen LogP contribution in [-0.4, -0.2) is 41.0 Å². The Kier molecular flexibility index (Phi) is 8.14. The number of nitrogens with one attached hydrogen (secondary N) is 1.